The van der Waals surface area contributed by atoms with Gasteiger partial charge in [-0.25, -0.2) is 4.98 Å². The Labute approximate surface area is 77.2 Å². The second kappa shape index (κ2) is 3.56. The van der Waals surface area contributed by atoms with Gasteiger partial charge >= 0.3 is 0 Å². The highest BCUT2D eigenvalue weighted by molar-refractivity contribution is 5.55. The van der Waals surface area contributed by atoms with Crippen LogP contribution in [-0.4, -0.2) is 17.8 Å². The van der Waals surface area contributed by atoms with Gasteiger partial charge in [-0.1, -0.05) is 6.07 Å². The molecule has 13 heavy (non-hydrogen) atoms. The van der Waals surface area contributed by atoms with E-state index >= 15 is 0 Å². The molecule has 0 spiro atoms. The van der Waals surface area contributed by atoms with E-state index in [4.69, 9.17) is 0 Å². The number of nitrogens with one attached hydrogen (secondary N) is 1. The van der Waals surface area contributed by atoms with Crippen LogP contribution in [0.3, 0.4) is 0 Å². The standard InChI is InChI=1S/C10H12N2O/c13-7-5-9-4-3-8-2-1-6-11-10(8)12-9/h3-4,7H,1-2,5-6H2,(H,11,12). The van der Waals surface area contributed by atoms with Crippen molar-refractivity contribution in [3.05, 3.63) is 23.4 Å². The van der Waals surface area contributed by atoms with Gasteiger partial charge in [0.2, 0.25) is 0 Å². The summed E-state index contributed by atoms with van der Waals surface area (Å²) in [7, 11) is 0. The Balaban J connectivity index is 2.29. The van der Waals surface area contributed by atoms with Crippen LogP contribution in [0.25, 0.3) is 0 Å². The van der Waals surface area contributed by atoms with Crippen molar-refractivity contribution >= 4 is 12.1 Å². The van der Waals surface area contributed by atoms with Gasteiger partial charge in [0.15, 0.2) is 0 Å². The summed E-state index contributed by atoms with van der Waals surface area (Å²) >= 11 is 0. The smallest absolute Gasteiger partial charge is 0.129 e. The molecule has 0 amide bonds. The molecular formula is C10H12N2O. The molecule has 0 aliphatic carbocycles. The van der Waals surface area contributed by atoms with Crippen LogP contribution in [0.1, 0.15) is 17.7 Å². The lowest BCUT2D eigenvalue weighted by Gasteiger charge is -2.16. The predicted molar refractivity (Wildman–Crippen MR) is 50.8 cm³/mol. The Kier molecular flexibility index (Phi) is 2.25. The molecule has 2 rings (SSSR count). The highest BCUT2D eigenvalue weighted by Crippen LogP contribution is 2.19. The van der Waals surface area contributed by atoms with E-state index in [1.54, 1.807) is 0 Å². The minimum atomic E-state index is 0.412. The lowest BCUT2D eigenvalue weighted by molar-refractivity contribution is -0.107. The number of hydrogen-bond acceptors (Lipinski definition) is 3. The van der Waals surface area contributed by atoms with Crippen LogP contribution in [0.4, 0.5) is 5.82 Å². The van der Waals surface area contributed by atoms with Crippen molar-refractivity contribution in [2.75, 3.05) is 11.9 Å². The summed E-state index contributed by atoms with van der Waals surface area (Å²) < 4.78 is 0. The molecular weight excluding hydrogens is 164 g/mol. The molecule has 1 aromatic heterocycles. The van der Waals surface area contributed by atoms with E-state index in [1.807, 2.05) is 6.07 Å². The van der Waals surface area contributed by atoms with Crippen LogP contribution < -0.4 is 5.32 Å². The summed E-state index contributed by atoms with van der Waals surface area (Å²) in [5, 5.41) is 3.23. The van der Waals surface area contributed by atoms with Gasteiger partial charge in [-0.05, 0) is 24.5 Å². The van der Waals surface area contributed by atoms with Crippen LogP contribution in [-0.2, 0) is 17.6 Å². The third-order valence-electron chi connectivity index (χ3n) is 2.24. The van der Waals surface area contributed by atoms with Crippen LogP contribution >= 0.6 is 0 Å². The number of carbonyl (C=O) groups excluding carboxylic acids is 1. The van der Waals surface area contributed by atoms with E-state index in [0.717, 1.165) is 30.8 Å². The van der Waals surface area contributed by atoms with Gasteiger partial charge < -0.3 is 10.1 Å². The van der Waals surface area contributed by atoms with Crippen molar-refractivity contribution in [1.82, 2.24) is 4.98 Å². The minimum absolute atomic E-state index is 0.412. The van der Waals surface area contributed by atoms with Gasteiger partial charge in [0.25, 0.3) is 0 Å². The van der Waals surface area contributed by atoms with E-state index in [1.165, 1.54) is 12.0 Å². The quantitative estimate of drug-likeness (QED) is 0.688. The first kappa shape index (κ1) is 8.23. The molecule has 0 saturated carbocycles. The molecule has 0 fully saturated rings. The summed E-state index contributed by atoms with van der Waals surface area (Å²) in [4.78, 5) is 14.6. The predicted octanol–water partition coefficient (Wildman–Crippen LogP) is 1.18. The lowest BCUT2D eigenvalue weighted by atomic mass is 10.1. The zero-order valence-corrected chi connectivity index (χ0v) is 7.42. The lowest BCUT2D eigenvalue weighted by Crippen LogP contribution is -2.14. The molecule has 3 heteroatoms. The van der Waals surface area contributed by atoms with Crippen molar-refractivity contribution in [2.45, 2.75) is 19.3 Å². The number of carbonyl (C=O) groups is 1. The first-order chi connectivity index (χ1) is 6.40. The van der Waals surface area contributed by atoms with Gasteiger partial charge in [-0.2, -0.15) is 0 Å². The number of fused-ring (bicyclic) bond motifs is 1. The molecule has 1 aliphatic heterocycles. The highest BCUT2D eigenvalue weighted by atomic mass is 16.1. The number of hydrogen-bond donors (Lipinski definition) is 1. The van der Waals surface area contributed by atoms with E-state index in [0.29, 0.717) is 6.42 Å². The van der Waals surface area contributed by atoms with Crippen molar-refractivity contribution < 1.29 is 4.79 Å². The van der Waals surface area contributed by atoms with Crippen LogP contribution in [0.2, 0.25) is 0 Å². The zero-order chi connectivity index (χ0) is 9.10. The average Bonchev–Trinajstić information content (AvgIpc) is 2.18. The number of aldehydes is 1. The van der Waals surface area contributed by atoms with Crippen LogP contribution in [0.15, 0.2) is 12.1 Å². The van der Waals surface area contributed by atoms with Crippen molar-refractivity contribution in [2.24, 2.45) is 0 Å². The van der Waals surface area contributed by atoms with Gasteiger partial charge in [0.05, 0.1) is 0 Å². The van der Waals surface area contributed by atoms with Gasteiger partial charge in [0, 0.05) is 18.7 Å². The van der Waals surface area contributed by atoms with E-state index < -0.39 is 0 Å². The maximum Gasteiger partial charge on any atom is 0.129 e. The molecule has 3 nitrogen and oxygen atoms in total. The third-order valence-corrected chi connectivity index (χ3v) is 2.24. The number of nitrogens with zero attached hydrogens (tertiary/aromatic N) is 1. The molecule has 1 aromatic rings. The number of pyridine rings is 1. The molecule has 1 N–H and O–H groups in total. The monoisotopic (exact) mass is 176 g/mol. The molecule has 68 valence electrons. The van der Waals surface area contributed by atoms with E-state index in [9.17, 15) is 4.79 Å². The summed E-state index contributed by atoms with van der Waals surface area (Å²) in [5.74, 6) is 0.964. The fourth-order valence-electron chi connectivity index (χ4n) is 1.57. The summed E-state index contributed by atoms with van der Waals surface area (Å²) in [6.45, 7) is 0.991. The fraction of sp³-hybridized carbons (Fsp3) is 0.400. The molecule has 0 radical (unpaired) electrons. The Morgan fingerprint density at radius 3 is 3.31 bits per heavy atom. The summed E-state index contributed by atoms with van der Waals surface area (Å²) in [5.41, 5.74) is 2.11. The van der Waals surface area contributed by atoms with E-state index in [2.05, 4.69) is 16.4 Å². The van der Waals surface area contributed by atoms with Gasteiger partial charge in [-0.15, -0.1) is 0 Å². The minimum Gasteiger partial charge on any atom is -0.370 e. The van der Waals surface area contributed by atoms with Crippen molar-refractivity contribution in [3.63, 3.8) is 0 Å². The molecule has 0 saturated heterocycles. The Morgan fingerprint density at radius 1 is 1.54 bits per heavy atom. The molecule has 2 heterocycles. The van der Waals surface area contributed by atoms with Crippen molar-refractivity contribution in [3.8, 4) is 0 Å². The summed E-state index contributed by atoms with van der Waals surface area (Å²) in [6.07, 6.45) is 3.56. The normalized spacial score (nSPS) is 14.5. The Morgan fingerprint density at radius 2 is 2.46 bits per heavy atom. The molecule has 1 aliphatic rings. The SMILES string of the molecule is O=CCc1ccc2c(n1)NCCC2. The average molecular weight is 176 g/mol. The maximum atomic E-state index is 10.3. The largest absolute Gasteiger partial charge is 0.370 e. The third kappa shape index (κ3) is 1.69. The number of aromatic nitrogens is 1. The van der Waals surface area contributed by atoms with E-state index in [-0.39, 0.29) is 0 Å². The number of rotatable bonds is 2. The first-order valence-corrected chi connectivity index (χ1v) is 4.56. The molecule has 0 aromatic carbocycles. The molecule has 0 unspecified atom stereocenters. The molecule has 0 bridgehead atoms. The van der Waals surface area contributed by atoms with Gasteiger partial charge in [0.1, 0.15) is 12.1 Å². The van der Waals surface area contributed by atoms with Crippen LogP contribution in [0.5, 0.6) is 0 Å². The van der Waals surface area contributed by atoms with Crippen LogP contribution in [0, 0.1) is 0 Å². The fourth-order valence-corrected chi connectivity index (χ4v) is 1.57. The zero-order valence-electron chi connectivity index (χ0n) is 7.42. The number of aryl methyl sites for hydroxylation is 1. The highest BCUT2D eigenvalue weighted by Gasteiger charge is 2.09. The first-order valence-electron chi connectivity index (χ1n) is 4.56. The maximum absolute atomic E-state index is 10.3. The second-order valence-electron chi connectivity index (χ2n) is 3.21. The Hall–Kier alpha value is -1.38. The summed E-state index contributed by atoms with van der Waals surface area (Å²) in [6, 6.07) is 3.99. The van der Waals surface area contributed by atoms with Gasteiger partial charge in [-0.3, -0.25) is 0 Å². The topological polar surface area (TPSA) is 42.0 Å². The number of anilines is 1. The Bertz CT molecular complexity index is 323. The molecule has 0 atom stereocenters. The van der Waals surface area contributed by atoms with Crippen molar-refractivity contribution in [1.29, 1.82) is 0 Å². The second-order valence-corrected chi connectivity index (χ2v) is 3.21.